The van der Waals surface area contributed by atoms with Crippen molar-refractivity contribution >= 4 is 22.5 Å². The van der Waals surface area contributed by atoms with Gasteiger partial charge >= 0.3 is 6.18 Å². The molecular formula is C11H7ClF3NO2. The number of hydrogen-bond acceptors (Lipinski definition) is 3. The molecule has 18 heavy (non-hydrogen) atoms. The van der Waals surface area contributed by atoms with E-state index in [-0.39, 0.29) is 27.6 Å². The third-order valence-corrected chi connectivity index (χ3v) is 2.58. The van der Waals surface area contributed by atoms with Crippen molar-refractivity contribution in [3.05, 3.63) is 28.9 Å². The molecule has 0 aliphatic rings. The van der Waals surface area contributed by atoms with Gasteiger partial charge in [0.25, 0.3) is 0 Å². The average molecular weight is 278 g/mol. The molecule has 0 amide bonds. The van der Waals surface area contributed by atoms with Crippen LogP contribution < -0.4 is 4.74 Å². The quantitative estimate of drug-likeness (QED) is 0.810. The van der Waals surface area contributed by atoms with Gasteiger partial charge in [0.1, 0.15) is 5.15 Å². The zero-order chi connectivity index (χ0) is 13.5. The largest absolute Gasteiger partial charge is 0.504 e. The number of nitrogens with zero attached hydrogens (tertiary/aromatic N) is 1. The first-order chi connectivity index (χ1) is 8.32. The molecule has 0 spiro atoms. The van der Waals surface area contributed by atoms with Crippen LogP contribution in [0, 0.1) is 0 Å². The number of halogens is 4. The van der Waals surface area contributed by atoms with E-state index in [1.807, 2.05) is 0 Å². The van der Waals surface area contributed by atoms with E-state index in [1.54, 1.807) is 0 Å². The van der Waals surface area contributed by atoms with Gasteiger partial charge in [0.05, 0.1) is 18.2 Å². The number of aromatic hydroxyl groups is 1. The Morgan fingerprint density at radius 3 is 2.50 bits per heavy atom. The summed E-state index contributed by atoms with van der Waals surface area (Å²) in [5.41, 5.74) is -0.945. The number of hydrogen-bond donors (Lipinski definition) is 1. The van der Waals surface area contributed by atoms with E-state index in [0.29, 0.717) is 0 Å². The van der Waals surface area contributed by atoms with E-state index in [4.69, 9.17) is 16.3 Å². The van der Waals surface area contributed by atoms with Crippen LogP contribution in [0.4, 0.5) is 13.2 Å². The summed E-state index contributed by atoms with van der Waals surface area (Å²) in [6.45, 7) is 0. The highest BCUT2D eigenvalue weighted by atomic mass is 35.5. The molecule has 2 aromatic rings. The van der Waals surface area contributed by atoms with E-state index in [2.05, 4.69) is 4.98 Å². The number of phenolic OH excluding ortho intramolecular Hbond substituents is 1. The first-order valence-corrected chi connectivity index (χ1v) is 5.15. The number of fused-ring (bicyclic) bond motifs is 1. The molecule has 3 nitrogen and oxygen atoms in total. The van der Waals surface area contributed by atoms with Crippen LogP contribution in [-0.2, 0) is 6.18 Å². The predicted octanol–water partition coefficient (Wildman–Crippen LogP) is 3.62. The second-order valence-electron chi connectivity index (χ2n) is 3.53. The minimum atomic E-state index is -4.58. The fraction of sp³-hybridized carbons (Fsp3) is 0.182. The van der Waals surface area contributed by atoms with Crippen molar-refractivity contribution in [2.75, 3.05) is 7.11 Å². The fourth-order valence-electron chi connectivity index (χ4n) is 1.61. The topological polar surface area (TPSA) is 42.4 Å². The van der Waals surface area contributed by atoms with Crippen molar-refractivity contribution in [3.8, 4) is 11.5 Å². The van der Waals surface area contributed by atoms with Crippen LogP contribution >= 0.6 is 11.6 Å². The lowest BCUT2D eigenvalue weighted by Gasteiger charge is -2.12. The van der Waals surface area contributed by atoms with Crippen LogP contribution in [0.3, 0.4) is 0 Å². The third kappa shape index (κ3) is 2.15. The van der Waals surface area contributed by atoms with Gasteiger partial charge in [-0.15, -0.1) is 0 Å². The molecule has 0 radical (unpaired) electrons. The highest BCUT2D eigenvalue weighted by Crippen LogP contribution is 2.39. The lowest BCUT2D eigenvalue weighted by Crippen LogP contribution is -2.06. The highest BCUT2D eigenvalue weighted by Gasteiger charge is 2.33. The molecule has 7 heteroatoms. The predicted molar refractivity (Wildman–Crippen MR) is 60.0 cm³/mol. The van der Waals surface area contributed by atoms with Crippen molar-refractivity contribution in [2.24, 2.45) is 0 Å². The zero-order valence-electron chi connectivity index (χ0n) is 9.05. The summed E-state index contributed by atoms with van der Waals surface area (Å²) in [4.78, 5) is 3.77. The van der Waals surface area contributed by atoms with Gasteiger partial charge < -0.3 is 9.84 Å². The van der Waals surface area contributed by atoms with Crippen LogP contribution in [0.15, 0.2) is 18.2 Å². The number of ether oxygens (including phenoxy) is 1. The van der Waals surface area contributed by atoms with Gasteiger partial charge in [0.15, 0.2) is 11.5 Å². The maximum Gasteiger partial charge on any atom is 0.417 e. The van der Waals surface area contributed by atoms with Crippen molar-refractivity contribution in [1.29, 1.82) is 0 Å². The van der Waals surface area contributed by atoms with Crippen molar-refractivity contribution in [1.82, 2.24) is 4.98 Å². The lowest BCUT2D eigenvalue weighted by atomic mass is 10.1. The molecule has 96 valence electrons. The van der Waals surface area contributed by atoms with Gasteiger partial charge in [-0.2, -0.15) is 13.2 Å². The molecule has 0 saturated carbocycles. The van der Waals surface area contributed by atoms with Crippen LogP contribution in [0.2, 0.25) is 5.15 Å². The Hall–Kier alpha value is -1.69. The van der Waals surface area contributed by atoms with Crippen molar-refractivity contribution in [2.45, 2.75) is 6.18 Å². The van der Waals surface area contributed by atoms with E-state index in [9.17, 15) is 18.3 Å². The SMILES string of the molecule is COc1cc2nc(Cl)cc(C(F)(F)F)c2cc1O. The Morgan fingerprint density at radius 1 is 1.28 bits per heavy atom. The number of rotatable bonds is 1. The number of phenols is 1. The lowest BCUT2D eigenvalue weighted by molar-refractivity contribution is -0.136. The Kier molecular flexibility index (Phi) is 2.98. The molecule has 0 aliphatic carbocycles. The van der Waals surface area contributed by atoms with Crippen molar-refractivity contribution in [3.63, 3.8) is 0 Å². The maximum absolute atomic E-state index is 12.8. The van der Waals surface area contributed by atoms with Crippen molar-refractivity contribution < 1.29 is 23.0 Å². The van der Waals surface area contributed by atoms with Crippen LogP contribution in [0.5, 0.6) is 11.5 Å². The first-order valence-electron chi connectivity index (χ1n) is 4.77. The average Bonchev–Trinajstić information content (AvgIpc) is 2.26. The number of benzene rings is 1. The van der Waals surface area contributed by atoms with Crippen LogP contribution in [0.1, 0.15) is 5.56 Å². The molecule has 0 unspecified atom stereocenters. The Bertz CT molecular complexity index is 613. The van der Waals surface area contributed by atoms with E-state index in [1.165, 1.54) is 13.2 Å². The summed E-state index contributed by atoms with van der Waals surface area (Å²) in [6.07, 6.45) is -4.58. The summed E-state index contributed by atoms with van der Waals surface area (Å²) >= 11 is 5.55. The van der Waals surface area contributed by atoms with Gasteiger partial charge in [-0.1, -0.05) is 11.6 Å². The van der Waals surface area contributed by atoms with Gasteiger partial charge in [-0.25, -0.2) is 4.98 Å². The second-order valence-corrected chi connectivity index (χ2v) is 3.92. The minimum absolute atomic E-state index is 0.00414. The molecule has 0 aliphatic heterocycles. The van der Waals surface area contributed by atoms with E-state index < -0.39 is 11.7 Å². The highest BCUT2D eigenvalue weighted by molar-refractivity contribution is 6.30. The van der Waals surface area contributed by atoms with E-state index in [0.717, 1.165) is 12.1 Å². The van der Waals surface area contributed by atoms with Gasteiger partial charge in [-0.05, 0) is 12.1 Å². The zero-order valence-corrected chi connectivity index (χ0v) is 9.80. The number of methoxy groups -OCH3 is 1. The molecule has 2 rings (SSSR count). The molecule has 1 aromatic carbocycles. The smallest absolute Gasteiger partial charge is 0.417 e. The normalized spacial score (nSPS) is 11.8. The molecule has 1 heterocycles. The van der Waals surface area contributed by atoms with Gasteiger partial charge in [-0.3, -0.25) is 0 Å². The van der Waals surface area contributed by atoms with Gasteiger partial charge in [0.2, 0.25) is 0 Å². The summed E-state index contributed by atoms with van der Waals surface area (Å²) < 4.78 is 43.2. The Balaban J connectivity index is 2.84. The molecule has 0 saturated heterocycles. The number of pyridine rings is 1. The number of alkyl halides is 3. The van der Waals surface area contributed by atoms with Gasteiger partial charge in [0, 0.05) is 11.5 Å². The molecule has 0 fully saturated rings. The Morgan fingerprint density at radius 2 is 1.94 bits per heavy atom. The monoisotopic (exact) mass is 277 g/mol. The number of aromatic nitrogens is 1. The third-order valence-electron chi connectivity index (χ3n) is 2.38. The van der Waals surface area contributed by atoms with Crippen LogP contribution in [0.25, 0.3) is 10.9 Å². The first kappa shape index (κ1) is 12.8. The standard InChI is InChI=1S/C11H7ClF3NO2/c1-18-9-4-7-5(2-8(9)17)6(11(13,14)15)3-10(12)16-7/h2-4,17H,1H3. The van der Waals surface area contributed by atoms with Crippen LogP contribution in [-0.4, -0.2) is 17.2 Å². The Labute approximate surface area is 105 Å². The summed E-state index contributed by atoms with van der Waals surface area (Å²) in [5.74, 6) is -0.356. The molecule has 0 atom stereocenters. The van der Waals surface area contributed by atoms with E-state index >= 15 is 0 Å². The molecule has 1 aromatic heterocycles. The second kappa shape index (κ2) is 4.20. The minimum Gasteiger partial charge on any atom is -0.504 e. The maximum atomic E-state index is 12.8. The molecule has 0 bridgehead atoms. The molecule has 1 N–H and O–H groups in total. The summed E-state index contributed by atoms with van der Waals surface area (Å²) in [5, 5.41) is 9.01. The summed E-state index contributed by atoms with van der Waals surface area (Å²) in [7, 11) is 1.29. The fourth-order valence-corrected chi connectivity index (χ4v) is 1.81. The molecular weight excluding hydrogens is 271 g/mol. The summed E-state index contributed by atoms with van der Waals surface area (Å²) in [6, 6.07) is 2.88.